The second-order valence-electron chi connectivity index (χ2n) is 4.45. The lowest BCUT2D eigenvalue weighted by Gasteiger charge is -2.26. The minimum Gasteiger partial charge on any atom is -0.396 e. The molecule has 1 fully saturated rings. The van der Waals surface area contributed by atoms with Crippen molar-refractivity contribution in [3.63, 3.8) is 0 Å². The van der Waals surface area contributed by atoms with Gasteiger partial charge in [-0.15, -0.1) is 0 Å². The van der Waals surface area contributed by atoms with Crippen LogP contribution in [0.25, 0.3) is 0 Å². The van der Waals surface area contributed by atoms with Gasteiger partial charge in [0.2, 0.25) is 0 Å². The second-order valence-corrected chi connectivity index (χ2v) is 4.45. The van der Waals surface area contributed by atoms with Gasteiger partial charge in [0.1, 0.15) is 0 Å². The topological polar surface area (TPSA) is 23.5 Å². The monoisotopic (exact) mass is 171 g/mol. The molecule has 1 rings (SSSR count). The molecule has 0 saturated carbocycles. The zero-order valence-corrected chi connectivity index (χ0v) is 8.51. The maximum absolute atomic E-state index is 9.17. The van der Waals surface area contributed by atoms with E-state index in [1.165, 1.54) is 6.42 Å². The summed E-state index contributed by atoms with van der Waals surface area (Å²) in [6, 6.07) is 0.679. The molecule has 0 spiro atoms. The molecule has 1 saturated heterocycles. The van der Waals surface area contributed by atoms with Gasteiger partial charge in [0.05, 0.1) is 0 Å². The molecule has 12 heavy (non-hydrogen) atoms. The molecule has 1 heterocycles. The van der Waals surface area contributed by atoms with Crippen molar-refractivity contribution in [3.05, 3.63) is 0 Å². The Labute approximate surface area is 75.6 Å². The molecule has 2 nitrogen and oxygen atoms in total. The maximum Gasteiger partial charge on any atom is 0.0497 e. The van der Waals surface area contributed by atoms with Crippen LogP contribution in [0.3, 0.4) is 0 Å². The van der Waals surface area contributed by atoms with Crippen LogP contribution in [0.5, 0.6) is 0 Å². The highest BCUT2D eigenvalue weighted by atomic mass is 16.3. The zero-order chi connectivity index (χ0) is 9.19. The van der Waals surface area contributed by atoms with Gasteiger partial charge >= 0.3 is 0 Å². The Hall–Kier alpha value is -0.0800. The summed E-state index contributed by atoms with van der Waals surface area (Å²) >= 11 is 0. The van der Waals surface area contributed by atoms with Crippen LogP contribution in [0.1, 0.15) is 33.6 Å². The number of likely N-dealkylation sites (tertiary alicyclic amines) is 1. The predicted octanol–water partition coefficient (Wildman–Crippen LogP) is 1.49. The van der Waals surface area contributed by atoms with Gasteiger partial charge in [-0.05, 0) is 26.3 Å². The van der Waals surface area contributed by atoms with Crippen molar-refractivity contribution < 1.29 is 5.11 Å². The molecule has 1 aliphatic heterocycles. The first-order chi connectivity index (χ1) is 5.61. The summed E-state index contributed by atoms with van der Waals surface area (Å²) in [6.07, 6.45) is 2.36. The third kappa shape index (κ3) is 1.99. The summed E-state index contributed by atoms with van der Waals surface area (Å²) in [6.45, 7) is 9.22. The fourth-order valence-corrected chi connectivity index (χ4v) is 1.83. The van der Waals surface area contributed by atoms with Gasteiger partial charge in [0.25, 0.3) is 0 Å². The third-order valence-corrected chi connectivity index (χ3v) is 3.18. The van der Waals surface area contributed by atoms with E-state index < -0.39 is 0 Å². The molecule has 0 aromatic rings. The number of hydrogen-bond acceptors (Lipinski definition) is 2. The van der Waals surface area contributed by atoms with Gasteiger partial charge in [0, 0.05) is 24.6 Å². The van der Waals surface area contributed by atoms with Gasteiger partial charge in [-0.2, -0.15) is 0 Å². The molecule has 1 aliphatic rings. The van der Waals surface area contributed by atoms with E-state index in [2.05, 4.69) is 25.7 Å². The first-order valence-corrected chi connectivity index (χ1v) is 4.96. The fourth-order valence-electron chi connectivity index (χ4n) is 1.83. The van der Waals surface area contributed by atoms with Crippen LogP contribution in [0.4, 0.5) is 0 Å². The molecule has 1 N–H and O–H groups in total. The van der Waals surface area contributed by atoms with Crippen molar-refractivity contribution in [1.29, 1.82) is 0 Å². The Morgan fingerprint density at radius 3 is 2.67 bits per heavy atom. The van der Waals surface area contributed by atoms with Crippen LogP contribution < -0.4 is 0 Å². The maximum atomic E-state index is 9.17. The van der Waals surface area contributed by atoms with E-state index in [9.17, 15) is 5.11 Å². The SMILES string of the molecule is CCC(C)N1CCC(C)(CO)C1. The molecular weight excluding hydrogens is 150 g/mol. The molecule has 0 aliphatic carbocycles. The van der Waals surface area contributed by atoms with E-state index >= 15 is 0 Å². The highest BCUT2D eigenvalue weighted by molar-refractivity contribution is 4.87. The van der Waals surface area contributed by atoms with E-state index in [0.717, 1.165) is 19.5 Å². The first-order valence-electron chi connectivity index (χ1n) is 4.96. The second kappa shape index (κ2) is 3.75. The van der Waals surface area contributed by atoms with E-state index in [1.807, 2.05) is 0 Å². The Bertz CT molecular complexity index is 149. The minimum atomic E-state index is 0.170. The average molecular weight is 171 g/mol. The number of aliphatic hydroxyl groups excluding tert-OH is 1. The summed E-state index contributed by atoms with van der Waals surface area (Å²) in [4.78, 5) is 2.48. The van der Waals surface area contributed by atoms with Crippen LogP contribution in [-0.2, 0) is 0 Å². The standard InChI is InChI=1S/C10H21NO/c1-4-9(2)11-6-5-10(3,7-11)8-12/h9,12H,4-8H2,1-3H3. The van der Waals surface area contributed by atoms with Crippen LogP contribution in [0.2, 0.25) is 0 Å². The quantitative estimate of drug-likeness (QED) is 0.695. The summed E-state index contributed by atoms with van der Waals surface area (Å²) in [5.74, 6) is 0. The van der Waals surface area contributed by atoms with Gasteiger partial charge in [-0.1, -0.05) is 13.8 Å². The number of aliphatic hydroxyl groups is 1. The summed E-state index contributed by atoms with van der Waals surface area (Å²) in [5, 5.41) is 9.17. The van der Waals surface area contributed by atoms with Crippen LogP contribution in [-0.4, -0.2) is 35.7 Å². The molecule has 0 radical (unpaired) electrons. The van der Waals surface area contributed by atoms with Gasteiger partial charge in [-0.3, -0.25) is 0 Å². The summed E-state index contributed by atoms with van der Waals surface area (Å²) in [5.41, 5.74) is 0.170. The number of hydrogen-bond donors (Lipinski definition) is 1. The Kier molecular flexibility index (Phi) is 3.13. The van der Waals surface area contributed by atoms with Crippen molar-refractivity contribution in [1.82, 2.24) is 4.90 Å². The van der Waals surface area contributed by atoms with Crippen molar-refractivity contribution in [3.8, 4) is 0 Å². The predicted molar refractivity (Wildman–Crippen MR) is 51.1 cm³/mol. The van der Waals surface area contributed by atoms with Gasteiger partial charge in [0.15, 0.2) is 0 Å². The highest BCUT2D eigenvalue weighted by Gasteiger charge is 2.34. The molecular formula is C10H21NO. The average Bonchev–Trinajstić information content (AvgIpc) is 2.48. The Balaban J connectivity index is 2.45. The molecule has 72 valence electrons. The molecule has 0 aromatic carbocycles. The van der Waals surface area contributed by atoms with Crippen molar-refractivity contribution in [2.75, 3.05) is 19.7 Å². The number of rotatable bonds is 3. The summed E-state index contributed by atoms with van der Waals surface area (Å²) < 4.78 is 0. The summed E-state index contributed by atoms with van der Waals surface area (Å²) in [7, 11) is 0. The molecule has 0 amide bonds. The first kappa shape index (κ1) is 10.0. The molecule has 0 bridgehead atoms. The van der Waals surface area contributed by atoms with Crippen molar-refractivity contribution in [2.24, 2.45) is 5.41 Å². The van der Waals surface area contributed by atoms with Crippen LogP contribution in [0.15, 0.2) is 0 Å². The fraction of sp³-hybridized carbons (Fsp3) is 1.00. The van der Waals surface area contributed by atoms with Crippen LogP contribution in [0, 0.1) is 5.41 Å². The molecule has 0 aromatic heterocycles. The van der Waals surface area contributed by atoms with Crippen molar-refractivity contribution in [2.45, 2.75) is 39.7 Å². The smallest absolute Gasteiger partial charge is 0.0497 e. The zero-order valence-electron chi connectivity index (χ0n) is 8.51. The van der Waals surface area contributed by atoms with Gasteiger partial charge in [-0.25, -0.2) is 0 Å². The molecule has 2 unspecified atom stereocenters. The Morgan fingerprint density at radius 1 is 1.58 bits per heavy atom. The highest BCUT2D eigenvalue weighted by Crippen LogP contribution is 2.30. The lowest BCUT2D eigenvalue weighted by molar-refractivity contribution is 0.135. The van der Waals surface area contributed by atoms with E-state index in [-0.39, 0.29) is 5.41 Å². The number of nitrogens with zero attached hydrogens (tertiary/aromatic N) is 1. The van der Waals surface area contributed by atoms with Gasteiger partial charge < -0.3 is 10.0 Å². The minimum absolute atomic E-state index is 0.170. The molecule has 2 atom stereocenters. The largest absolute Gasteiger partial charge is 0.396 e. The lowest BCUT2D eigenvalue weighted by Crippen LogP contribution is -2.33. The lowest BCUT2D eigenvalue weighted by atomic mass is 9.91. The van der Waals surface area contributed by atoms with E-state index in [4.69, 9.17) is 0 Å². The third-order valence-electron chi connectivity index (χ3n) is 3.18. The van der Waals surface area contributed by atoms with Crippen molar-refractivity contribution >= 4 is 0 Å². The Morgan fingerprint density at radius 2 is 2.25 bits per heavy atom. The van der Waals surface area contributed by atoms with E-state index in [0.29, 0.717) is 12.6 Å². The normalized spacial score (nSPS) is 34.0. The molecule has 2 heteroatoms. The van der Waals surface area contributed by atoms with E-state index in [1.54, 1.807) is 0 Å². The van der Waals surface area contributed by atoms with Crippen LogP contribution >= 0.6 is 0 Å².